The first-order valence-electron chi connectivity index (χ1n) is 23.0. The molecule has 0 rings (SSSR count). The van der Waals surface area contributed by atoms with Crippen molar-refractivity contribution in [2.75, 3.05) is 92.5 Å². The van der Waals surface area contributed by atoms with Gasteiger partial charge in [0.2, 0.25) is 0 Å². The SMILES string of the molecule is CCCCCCCCCCCCCCCCCCOCCOCCOCCOCCOCCOCCOCCCCCCCCCCCCCCC. The lowest BCUT2D eigenvalue weighted by Gasteiger charge is -2.08. The summed E-state index contributed by atoms with van der Waals surface area (Å²) in [5.74, 6) is 0. The van der Waals surface area contributed by atoms with Crippen molar-refractivity contribution in [1.82, 2.24) is 0 Å². The molecule has 7 heteroatoms. The molecular weight excluding hydrogens is 652 g/mol. The molecule has 314 valence electrons. The van der Waals surface area contributed by atoms with Gasteiger partial charge in [0, 0.05) is 13.2 Å². The monoisotopic (exact) mass is 745 g/mol. The molecule has 0 unspecified atom stereocenters. The van der Waals surface area contributed by atoms with Gasteiger partial charge in [-0.25, -0.2) is 0 Å². The van der Waals surface area contributed by atoms with Crippen molar-refractivity contribution in [2.24, 2.45) is 0 Å². The average Bonchev–Trinajstić information content (AvgIpc) is 3.16. The molecule has 0 saturated carbocycles. The fraction of sp³-hybridized carbons (Fsp3) is 1.00. The molecule has 0 bridgehead atoms. The Bertz CT molecular complexity index is 544. The van der Waals surface area contributed by atoms with E-state index in [9.17, 15) is 0 Å². The van der Waals surface area contributed by atoms with Crippen molar-refractivity contribution in [2.45, 2.75) is 200 Å². The number of ether oxygens (including phenoxy) is 7. The van der Waals surface area contributed by atoms with E-state index in [4.69, 9.17) is 33.2 Å². The molecule has 0 atom stereocenters. The summed E-state index contributed by atoms with van der Waals surface area (Å²) in [7, 11) is 0. The molecule has 0 aliphatic carbocycles. The van der Waals surface area contributed by atoms with Crippen LogP contribution in [0.4, 0.5) is 0 Å². The first-order chi connectivity index (χ1) is 25.9. The fourth-order valence-electron chi connectivity index (χ4n) is 6.40. The van der Waals surface area contributed by atoms with E-state index in [1.807, 2.05) is 0 Å². The summed E-state index contributed by atoms with van der Waals surface area (Å²) >= 11 is 0. The predicted molar refractivity (Wildman–Crippen MR) is 221 cm³/mol. The molecule has 0 aromatic rings. The molecule has 0 amide bonds. The lowest BCUT2D eigenvalue weighted by atomic mass is 10.0. The molecule has 0 aromatic carbocycles. The number of rotatable bonds is 49. The molecule has 0 heterocycles. The summed E-state index contributed by atoms with van der Waals surface area (Å²) in [6, 6.07) is 0. The highest BCUT2D eigenvalue weighted by Crippen LogP contribution is 2.14. The minimum absolute atomic E-state index is 0.568. The first kappa shape index (κ1) is 51.7. The Morgan fingerprint density at radius 1 is 0.154 bits per heavy atom. The van der Waals surface area contributed by atoms with Crippen molar-refractivity contribution < 1.29 is 33.2 Å². The average molecular weight is 745 g/mol. The van der Waals surface area contributed by atoms with Crippen LogP contribution in [0.3, 0.4) is 0 Å². The maximum absolute atomic E-state index is 5.71. The summed E-state index contributed by atoms with van der Waals surface area (Å²) in [6.45, 7) is 13.5. The van der Waals surface area contributed by atoms with Gasteiger partial charge in [-0.05, 0) is 12.8 Å². The molecule has 0 radical (unpaired) electrons. The highest BCUT2D eigenvalue weighted by Gasteiger charge is 1.98. The zero-order valence-corrected chi connectivity index (χ0v) is 35.3. The topological polar surface area (TPSA) is 64.6 Å². The van der Waals surface area contributed by atoms with E-state index in [1.54, 1.807) is 0 Å². The lowest BCUT2D eigenvalue weighted by Crippen LogP contribution is -2.14. The fourth-order valence-corrected chi connectivity index (χ4v) is 6.40. The second-order valence-electron chi connectivity index (χ2n) is 14.8. The van der Waals surface area contributed by atoms with E-state index in [1.165, 1.54) is 173 Å². The third-order valence-corrected chi connectivity index (χ3v) is 9.77. The van der Waals surface area contributed by atoms with Crippen LogP contribution in [0.2, 0.25) is 0 Å². The Labute approximate surface area is 325 Å². The molecule has 0 aromatic heterocycles. The summed E-state index contributed by atoms with van der Waals surface area (Å²) in [6.07, 6.45) is 40.2. The van der Waals surface area contributed by atoms with E-state index in [0.717, 1.165) is 26.1 Å². The molecule has 0 N–H and O–H groups in total. The molecule has 7 nitrogen and oxygen atoms in total. The van der Waals surface area contributed by atoms with E-state index in [-0.39, 0.29) is 0 Å². The third kappa shape index (κ3) is 49.7. The third-order valence-electron chi connectivity index (χ3n) is 9.77. The molecule has 0 aliphatic rings. The van der Waals surface area contributed by atoms with Crippen molar-refractivity contribution in [3.8, 4) is 0 Å². The van der Waals surface area contributed by atoms with Gasteiger partial charge < -0.3 is 33.2 Å². The van der Waals surface area contributed by atoms with E-state index >= 15 is 0 Å². The van der Waals surface area contributed by atoms with Crippen molar-refractivity contribution in [3.63, 3.8) is 0 Å². The number of hydrogen-bond donors (Lipinski definition) is 0. The zero-order chi connectivity index (χ0) is 37.4. The van der Waals surface area contributed by atoms with Crippen molar-refractivity contribution >= 4 is 0 Å². The van der Waals surface area contributed by atoms with Crippen LogP contribution in [0.15, 0.2) is 0 Å². The van der Waals surface area contributed by atoms with Gasteiger partial charge in [0.25, 0.3) is 0 Å². The Kier molecular flexibility index (Phi) is 50.4. The predicted octanol–water partition coefficient (Wildman–Crippen LogP) is 12.5. The molecule has 0 aliphatic heterocycles. The van der Waals surface area contributed by atoms with E-state index in [0.29, 0.717) is 79.3 Å². The largest absolute Gasteiger partial charge is 0.379 e. The molecule has 52 heavy (non-hydrogen) atoms. The summed E-state index contributed by atoms with van der Waals surface area (Å²) in [5.41, 5.74) is 0. The number of hydrogen-bond acceptors (Lipinski definition) is 7. The second kappa shape index (κ2) is 50.7. The van der Waals surface area contributed by atoms with E-state index in [2.05, 4.69) is 13.8 Å². The summed E-state index contributed by atoms with van der Waals surface area (Å²) < 4.78 is 39.3. The quantitative estimate of drug-likeness (QED) is 0.0575. The van der Waals surface area contributed by atoms with Gasteiger partial charge in [-0.2, -0.15) is 0 Å². The van der Waals surface area contributed by atoms with Gasteiger partial charge in [0.15, 0.2) is 0 Å². The maximum Gasteiger partial charge on any atom is 0.0701 e. The normalized spacial score (nSPS) is 11.7. The Balaban J connectivity index is 3.04. The van der Waals surface area contributed by atoms with Gasteiger partial charge in [0.05, 0.1) is 79.3 Å². The van der Waals surface area contributed by atoms with Crippen LogP contribution in [-0.2, 0) is 33.2 Å². The Morgan fingerprint density at radius 2 is 0.288 bits per heavy atom. The van der Waals surface area contributed by atoms with E-state index < -0.39 is 0 Å². The maximum atomic E-state index is 5.71. The molecule has 0 fully saturated rings. The van der Waals surface area contributed by atoms with Crippen LogP contribution >= 0.6 is 0 Å². The van der Waals surface area contributed by atoms with Gasteiger partial charge in [0.1, 0.15) is 0 Å². The molecule has 0 saturated heterocycles. The first-order valence-corrected chi connectivity index (χ1v) is 23.0. The van der Waals surface area contributed by atoms with Gasteiger partial charge >= 0.3 is 0 Å². The van der Waals surface area contributed by atoms with Gasteiger partial charge in [-0.1, -0.05) is 187 Å². The molecular formula is C45H92O7. The van der Waals surface area contributed by atoms with Crippen LogP contribution in [-0.4, -0.2) is 92.5 Å². The second-order valence-corrected chi connectivity index (χ2v) is 14.8. The standard InChI is InChI=1S/C45H92O7/c1-3-5-7-9-11-13-15-17-18-19-21-23-25-27-29-31-33-47-35-37-49-39-41-51-43-45-52-44-42-50-40-38-48-36-34-46-32-30-28-26-24-22-20-16-14-12-10-8-6-4-2/h3-45H2,1-2H3. The molecule has 0 spiro atoms. The highest BCUT2D eigenvalue weighted by atomic mass is 16.6. The van der Waals surface area contributed by atoms with Crippen LogP contribution in [0.5, 0.6) is 0 Å². The minimum Gasteiger partial charge on any atom is -0.379 e. The van der Waals surface area contributed by atoms with Crippen molar-refractivity contribution in [1.29, 1.82) is 0 Å². The van der Waals surface area contributed by atoms with Crippen LogP contribution < -0.4 is 0 Å². The van der Waals surface area contributed by atoms with Crippen LogP contribution in [0, 0.1) is 0 Å². The minimum atomic E-state index is 0.568. The summed E-state index contributed by atoms with van der Waals surface area (Å²) in [4.78, 5) is 0. The Morgan fingerprint density at radius 3 is 0.462 bits per heavy atom. The Hall–Kier alpha value is -0.280. The number of unbranched alkanes of at least 4 members (excludes halogenated alkanes) is 27. The van der Waals surface area contributed by atoms with Gasteiger partial charge in [-0.3, -0.25) is 0 Å². The van der Waals surface area contributed by atoms with Crippen LogP contribution in [0.1, 0.15) is 200 Å². The lowest BCUT2D eigenvalue weighted by molar-refractivity contribution is -0.0206. The smallest absolute Gasteiger partial charge is 0.0701 e. The summed E-state index contributed by atoms with van der Waals surface area (Å²) in [5, 5.41) is 0. The highest BCUT2D eigenvalue weighted by molar-refractivity contribution is 4.51. The zero-order valence-electron chi connectivity index (χ0n) is 35.3. The van der Waals surface area contributed by atoms with Crippen LogP contribution in [0.25, 0.3) is 0 Å². The van der Waals surface area contributed by atoms with Gasteiger partial charge in [-0.15, -0.1) is 0 Å². The van der Waals surface area contributed by atoms with Crippen molar-refractivity contribution in [3.05, 3.63) is 0 Å².